The van der Waals surface area contributed by atoms with Crippen molar-refractivity contribution >= 4 is 23.2 Å². The molecule has 2 aliphatic rings. The molecule has 3 heterocycles. The molecule has 0 aliphatic carbocycles. The van der Waals surface area contributed by atoms with Crippen molar-refractivity contribution in [3.05, 3.63) is 87.1 Å². The van der Waals surface area contributed by atoms with Crippen molar-refractivity contribution in [3.8, 4) is 17.2 Å². The Morgan fingerprint density at radius 1 is 1.00 bits per heavy atom. The lowest BCUT2D eigenvalue weighted by atomic mass is 10.2. The zero-order valence-corrected chi connectivity index (χ0v) is 14.4. The number of aromatic nitrogens is 4. The third-order valence-electron chi connectivity index (χ3n) is 3.88. The van der Waals surface area contributed by atoms with Gasteiger partial charge in [0.25, 0.3) is 0 Å². The third kappa shape index (κ3) is 3.04. The van der Waals surface area contributed by atoms with E-state index in [4.69, 9.17) is 23.2 Å². The minimum atomic E-state index is -0.327. The van der Waals surface area contributed by atoms with Crippen LogP contribution >= 0.6 is 23.2 Å². The highest BCUT2D eigenvalue weighted by atomic mass is 35.5. The molecule has 7 heteroatoms. The Bertz CT molecular complexity index is 1050. The van der Waals surface area contributed by atoms with Gasteiger partial charge in [-0.3, -0.25) is 4.57 Å². The summed E-state index contributed by atoms with van der Waals surface area (Å²) in [5, 5.41) is 1.06. The van der Waals surface area contributed by atoms with Gasteiger partial charge < -0.3 is 4.57 Å². The number of nitrogens with zero attached hydrogens (tertiary/aromatic N) is 4. The van der Waals surface area contributed by atoms with Crippen LogP contribution in [0.5, 0.6) is 0 Å². The lowest BCUT2D eigenvalue weighted by Gasteiger charge is -2.12. The SMILES string of the molecule is O=c1nc2n(Cc3ccc(Cl)nc3)cccc-2n1-c1ccc(Cl)cc1. The van der Waals surface area contributed by atoms with Crippen molar-refractivity contribution < 1.29 is 0 Å². The molecule has 0 atom stereocenters. The summed E-state index contributed by atoms with van der Waals surface area (Å²) in [4.78, 5) is 20.8. The van der Waals surface area contributed by atoms with Crippen LogP contribution in [0.3, 0.4) is 0 Å². The molecule has 2 aromatic rings. The Labute approximate surface area is 153 Å². The number of imidazole rings is 1. The minimum absolute atomic E-state index is 0.327. The van der Waals surface area contributed by atoms with Crippen LogP contribution in [0.15, 0.2) is 65.7 Å². The predicted octanol–water partition coefficient (Wildman–Crippen LogP) is 3.89. The fourth-order valence-corrected chi connectivity index (χ4v) is 2.97. The molecule has 25 heavy (non-hydrogen) atoms. The second kappa shape index (κ2) is 6.35. The molecule has 2 aliphatic heterocycles. The van der Waals surface area contributed by atoms with Gasteiger partial charge in [0.1, 0.15) is 5.15 Å². The zero-order valence-electron chi connectivity index (χ0n) is 12.9. The number of fused-ring (bicyclic) bond motifs is 1. The molecule has 4 rings (SSSR count). The van der Waals surface area contributed by atoms with Crippen molar-refractivity contribution in [2.75, 3.05) is 0 Å². The highest BCUT2D eigenvalue weighted by Gasteiger charge is 2.18. The number of hydrogen-bond donors (Lipinski definition) is 0. The zero-order chi connectivity index (χ0) is 17.4. The van der Waals surface area contributed by atoms with Crippen LogP contribution in [0.4, 0.5) is 0 Å². The minimum Gasteiger partial charge on any atom is -0.327 e. The van der Waals surface area contributed by atoms with Gasteiger partial charge in [0.2, 0.25) is 0 Å². The van der Waals surface area contributed by atoms with Gasteiger partial charge >= 0.3 is 5.69 Å². The monoisotopic (exact) mass is 370 g/mol. The lowest BCUT2D eigenvalue weighted by Crippen LogP contribution is -2.14. The van der Waals surface area contributed by atoms with E-state index in [0.717, 1.165) is 16.9 Å². The van der Waals surface area contributed by atoms with Gasteiger partial charge in [0, 0.05) is 17.4 Å². The highest BCUT2D eigenvalue weighted by Crippen LogP contribution is 2.23. The van der Waals surface area contributed by atoms with E-state index in [1.54, 1.807) is 41.1 Å². The summed E-state index contributed by atoms with van der Waals surface area (Å²) in [7, 11) is 0. The number of halogens is 2. The van der Waals surface area contributed by atoms with Crippen LogP contribution in [-0.2, 0) is 6.54 Å². The predicted molar refractivity (Wildman–Crippen MR) is 97.8 cm³/mol. The highest BCUT2D eigenvalue weighted by molar-refractivity contribution is 6.30. The molecule has 0 saturated carbocycles. The van der Waals surface area contributed by atoms with Gasteiger partial charge in [-0.1, -0.05) is 29.3 Å². The third-order valence-corrected chi connectivity index (χ3v) is 4.36. The maximum Gasteiger partial charge on any atom is 0.354 e. The topological polar surface area (TPSA) is 52.7 Å². The van der Waals surface area contributed by atoms with E-state index in [9.17, 15) is 4.79 Å². The number of hydrogen-bond acceptors (Lipinski definition) is 3. The molecule has 0 amide bonds. The lowest BCUT2D eigenvalue weighted by molar-refractivity contribution is 0.779. The van der Waals surface area contributed by atoms with Crippen LogP contribution < -0.4 is 5.69 Å². The Kier molecular flexibility index (Phi) is 4.03. The summed E-state index contributed by atoms with van der Waals surface area (Å²) in [5.41, 5.74) is 2.10. The average Bonchev–Trinajstić information content (AvgIpc) is 2.95. The summed E-state index contributed by atoms with van der Waals surface area (Å²) in [6.45, 7) is 0.540. The van der Waals surface area contributed by atoms with E-state index in [2.05, 4.69) is 9.97 Å². The van der Waals surface area contributed by atoms with Gasteiger partial charge in [-0.25, -0.2) is 9.78 Å². The molecule has 0 saturated heterocycles. The standard InChI is InChI=1S/C18H12Cl2N4O/c19-13-4-6-14(7-5-13)24-15-2-1-9-23(17(15)22-18(24)25)11-12-3-8-16(20)21-10-12/h1-10H,11H2. The second-order valence-electron chi connectivity index (χ2n) is 5.54. The van der Waals surface area contributed by atoms with Crippen LogP contribution in [0.25, 0.3) is 17.2 Å². The van der Waals surface area contributed by atoms with Crippen LogP contribution in [0, 0.1) is 0 Å². The van der Waals surface area contributed by atoms with Crippen molar-refractivity contribution in [2.45, 2.75) is 6.54 Å². The normalized spacial score (nSPS) is 11.1. The number of rotatable bonds is 3. The van der Waals surface area contributed by atoms with Gasteiger partial charge in [0.15, 0.2) is 5.82 Å². The van der Waals surface area contributed by atoms with E-state index >= 15 is 0 Å². The molecule has 0 radical (unpaired) electrons. The summed E-state index contributed by atoms with van der Waals surface area (Å²) in [6.07, 6.45) is 3.60. The largest absolute Gasteiger partial charge is 0.354 e. The van der Waals surface area contributed by atoms with Crippen molar-refractivity contribution in [3.63, 3.8) is 0 Å². The molecule has 0 bridgehead atoms. The Morgan fingerprint density at radius 3 is 2.52 bits per heavy atom. The molecule has 0 N–H and O–H groups in total. The van der Waals surface area contributed by atoms with E-state index in [1.807, 2.05) is 29.0 Å². The Balaban J connectivity index is 1.78. The van der Waals surface area contributed by atoms with E-state index in [-0.39, 0.29) is 5.69 Å². The molecule has 124 valence electrons. The molecule has 5 nitrogen and oxygen atoms in total. The van der Waals surface area contributed by atoms with Crippen molar-refractivity contribution in [1.29, 1.82) is 0 Å². The quantitative estimate of drug-likeness (QED) is 0.514. The first kappa shape index (κ1) is 15.9. The van der Waals surface area contributed by atoms with Crippen LogP contribution in [0.2, 0.25) is 10.2 Å². The second-order valence-corrected chi connectivity index (χ2v) is 6.36. The van der Waals surface area contributed by atoms with Crippen molar-refractivity contribution in [1.82, 2.24) is 19.1 Å². The van der Waals surface area contributed by atoms with Gasteiger partial charge in [-0.05, 0) is 48.0 Å². The Morgan fingerprint density at radius 2 is 1.80 bits per heavy atom. The summed E-state index contributed by atoms with van der Waals surface area (Å²) in [6, 6.07) is 14.5. The molecule has 0 spiro atoms. The maximum atomic E-state index is 12.4. The summed E-state index contributed by atoms with van der Waals surface area (Å²) < 4.78 is 3.48. The first-order valence-electron chi connectivity index (χ1n) is 7.56. The number of benzene rings is 1. The fourth-order valence-electron chi connectivity index (χ4n) is 2.73. The maximum absolute atomic E-state index is 12.4. The first-order valence-corrected chi connectivity index (χ1v) is 8.32. The first-order chi connectivity index (χ1) is 12.1. The average molecular weight is 371 g/mol. The van der Waals surface area contributed by atoms with Crippen molar-refractivity contribution in [2.24, 2.45) is 0 Å². The number of pyridine rings is 2. The molecule has 0 unspecified atom stereocenters. The van der Waals surface area contributed by atoms with Gasteiger partial charge in [-0.15, -0.1) is 0 Å². The molecule has 1 aromatic carbocycles. The van der Waals surface area contributed by atoms with E-state index in [0.29, 0.717) is 22.5 Å². The summed E-state index contributed by atoms with van der Waals surface area (Å²) >= 11 is 11.8. The van der Waals surface area contributed by atoms with Gasteiger partial charge in [-0.2, -0.15) is 4.98 Å². The molecule has 0 fully saturated rings. The summed E-state index contributed by atoms with van der Waals surface area (Å²) in [5.74, 6) is 0.609. The van der Waals surface area contributed by atoms with Crippen LogP contribution in [0.1, 0.15) is 5.56 Å². The van der Waals surface area contributed by atoms with Gasteiger partial charge in [0.05, 0.1) is 17.9 Å². The van der Waals surface area contributed by atoms with Crippen LogP contribution in [-0.4, -0.2) is 19.1 Å². The fraction of sp³-hybridized carbons (Fsp3) is 0.0556. The van der Waals surface area contributed by atoms with E-state index in [1.165, 1.54) is 0 Å². The Hall–Kier alpha value is -2.63. The molecule has 1 aromatic heterocycles. The molecular formula is C18H12Cl2N4O. The molecular weight excluding hydrogens is 359 g/mol. The smallest absolute Gasteiger partial charge is 0.327 e. The van der Waals surface area contributed by atoms with E-state index < -0.39 is 0 Å².